The number of benzene rings is 1. The Morgan fingerprint density at radius 1 is 1.39 bits per heavy atom. The molecule has 3 nitrogen and oxygen atoms in total. The Kier molecular flexibility index (Phi) is 5.63. The third-order valence-corrected chi connectivity index (χ3v) is 3.35. The Bertz CT molecular complexity index is 391. The molecular weight excluding hydrogens is 248 g/mol. The van der Waals surface area contributed by atoms with Gasteiger partial charge in [0, 0.05) is 24.7 Å². The number of carbonyl (C=O) groups excluding carboxylic acids is 1. The molecule has 1 atom stereocenters. The lowest BCUT2D eigenvalue weighted by Crippen LogP contribution is -2.45. The maximum atomic E-state index is 12.2. The lowest BCUT2D eigenvalue weighted by molar-refractivity contribution is 0.0709. The van der Waals surface area contributed by atoms with Crippen LogP contribution in [0.15, 0.2) is 24.3 Å². The predicted molar refractivity (Wildman–Crippen MR) is 76.2 cm³/mol. The van der Waals surface area contributed by atoms with Gasteiger partial charge in [0.25, 0.3) is 5.91 Å². The number of hydrogen-bond acceptors (Lipinski definition) is 2. The summed E-state index contributed by atoms with van der Waals surface area (Å²) in [6, 6.07) is 8.03. The second-order valence-electron chi connectivity index (χ2n) is 4.70. The number of nitrogens with two attached hydrogens (primary N) is 1. The first kappa shape index (κ1) is 15.0. The maximum absolute atomic E-state index is 12.2. The summed E-state index contributed by atoms with van der Waals surface area (Å²) in [6.45, 7) is 3.64. The summed E-state index contributed by atoms with van der Waals surface area (Å²) < 4.78 is 0. The van der Waals surface area contributed by atoms with Crippen LogP contribution in [0.3, 0.4) is 0 Å². The molecule has 100 valence electrons. The molecule has 1 aliphatic rings. The van der Waals surface area contributed by atoms with E-state index in [0.717, 1.165) is 31.4 Å². The van der Waals surface area contributed by atoms with Crippen LogP contribution < -0.4 is 5.73 Å². The Balaban J connectivity index is 0.00000162. The summed E-state index contributed by atoms with van der Waals surface area (Å²) in [5.41, 5.74) is 7.93. The van der Waals surface area contributed by atoms with Gasteiger partial charge < -0.3 is 10.6 Å². The molecule has 1 aliphatic heterocycles. The molecule has 1 fully saturated rings. The van der Waals surface area contributed by atoms with Crippen molar-refractivity contribution >= 4 is 18.3 Å². The summed E-state index contributed by atoms with van der Waals surface area (Å²) in [5.74, 6) is 0.114. The van der Waals surface area contributed by atoms with Gasteiger partial charge in [-0.2, -0.15) is 0 Å². The highest BCUT2D eigenvalue weighted by atomic mass is 35.5. The number of piperidine rings is 1. The molecule has 2 rings (SSSR count). The second-order valence-corrected chi connectivity index (χ2v) is 4.70. The predicted octanol–water partition coefficient (Wildman–Crippen LogP) is 2.23. The van der Waals surface area contributed by atoms with Crippen LogP contribution in [0.1, 0.15) is 35.7 Å². The Morgan fingerprint density at radius 3 is 2.61 bits per heavy atom. The third-order valence-electron chi connectivity index (χ3n) is 3.35. The number of likely N-dealkylation sites (tertiary alicyclic amines) is 1. The highest BCUT2D eigenvalue weighted by Crippen LogP contribution is 2.13. The standard InChI is InChI=1S/C14H20N2O.ClH/c1-2-11-5-7-12(8-6-11)14(17)16-9-3-4-13(15)10-16;/h5-8,13H,2-4,9-10,15H2,1H3;1H. The molecule has 0 aromatic heterocycles. The van der Waals surface area contributed by atoms with Crippen LogP contribution in [0.5, 0.6) is 0 Å². The van der Waals surface area contributed by atoms with Crippen molar-refractivity contribution in [1.82, 2.24) is 4.90 Å². The van der Waals surface area contributed by atoms with Crippen molar-refractivity contribution in [3.63, 3.8) is 0 Å². The van der Waals surface area contributed by atoms with E-state index in [1.807, 2.05) is 29.2 Å². The van der Waals surface area contributed by atoms with E-state index < -0.39 is 0 Å². The summed E-state index contributed by atoms with van der Waals surface area (Å²) >= 11 is 0. The molecular formula is C14H21ClN2O. The third kappa shape index (κ3) is 3.47. The molecule has 2 N–H and O–H groups in total. The SMILES string of the molecule is CCc1ccc(C(=O)N2CCCC(N)C2)cc1.Cl. The van der Waals surface area contributed by atoms with E-state index in [0.29, 0.717) is 6.54 Å². The van der Waals surface area contributed by atoms with Crippen LogP contribution in [-0.4, -0.2) is 29.9 Å². The van der Waals surface area contributed by atoms with Gasteiger partial charge in [0.15, 0.2) is 0 Å². The van der Waals surface area contributed by atoms with E-state index in [4.69, 9.17) is 5.73 Å². The van der Waals surface area contributed by atoms with Gasteiger partial charge in [-0.15, -0.1) is 12.4 Å². The topological polar surface area (TPSA) is 46.3 Å². The summed E-state index contributed by atoms with van der Waals surface area (Å²) in [5, 5.41) is 0. The van der Waals surface area contributed by atoms with Crippen molar-refractivity contribution in [1.29, 1.82) is 0 Å². The van der Waals surface area contributed by atoms with Crippen molar-refractivity contribution in [3.8, 4) is 0 Å². The summed E-state index contributed by atoms with van der Waals surface area (Å²) in [7, 11) is 0. The molecule has 1 heterocycles. The number of hydrogen-bond donors (Lipinski definition) is 1. The number of aryl methyl sites for hydroxylation is 1. The molecule has 0 saturated carbocycles. The van der Waals surface area contributed by atoms with Crippen LogP contribution in [0.4, 0.5) is 0 Å². The first-order valence-electron chi connectivity index (χ1n) is 6.34. The Labute approximate surface area is 115 Å². The molecule has 0 radical (unpaired) electrons. The summed E-state index contributed by atoms with van der Waals surface area (Å²) in [6.07, 6.45) is 3.04. The van der Waals surface area contributed by atoms with Crippen molar-refractivity contribution in [3.05, 3.63) is 35.4 Å². The van der Waals surface area contributed by atoms with E-state index in [1.54, 1.807) is 0 Å². The lowest BCUT2D eigenvalue weighted by atomic mass is 10.0. The first-order valence-corrected chi connectivity index (χ1v) is 6.34. The molecule has 0 aliphatic carbocycles. The van der Waals surface area contributed by atoms with Crippen LogP contribution in [0, 0.1) is 0 Å². The van der Waals surface area contributed by atoms with Gasteiger partial charge in [0.05, 0.1) is 0 Å². The smallest absolute Gasteiger partial charge is 0.253 e. The van der Waals surface area contributed by atoms with E-state index >= 15 is 0 Å². The maximum Gasteiger partial charge on any atom is 0.253 e. The van der Waals surface area contributed by atoms with Crippen LogP contribution >= 0.6 is 12.4 Å². The fourth-order valence-electron chi connectivity index (χ4n) is 2.26. The Hall–Kier alpha value is -1.06. The van der Waals surface area contributed by atoms with Gasteiger partial charge in [0.2, 0.25) is 0 Å². The number of amides is 1. The molecule has 0 spiro atoms. The van der Waals surface area contributed by atoms with Gasteiger partial charge in [-0.3, -0.25) is 4.79 Å². The average Bonchev–Trinajstić information content (AvgIpc) is 2.38. The van der Waals surface area contributed by atoms with Gasteiger partial charge in [-0.05, 0) is 37.0 Å². The zero-order valence-electron chi connectivity index (χ0n) is 10.8. The van der Waals surface area contributed by atoms with E-state index in [1.165, 1.54) is 5.56 Å². The minimum atomic E-state index is 0. The molecule has 18 heavy (non-hydrogen) atoms. The van der Waals surface area contributed by atoms with Crippen molar-refractivity contribution in [2.45, 2.75) is 32.2 Å². The lowest BCUT2D eigenvalue weighted by Gasteiger charge is -2.30. The molecule has 1 amide bonds. The van der Waals surface area contributed by atoms with Gasteiger partial charge in [-0.25, -0.2) is 0 Å². The molecule has 1 aromatic carbocycles. The molecule has 1 unspecified atom stereocenters. The minimum absolute atomic E-state index is 0. The highest BCUT2D eigenvalue weighted by Gasteiger charge is 2.21. The normalized spacial score (nSPS) is 19.2. The first-order chi connectivity index (χ1) is 8.20. The van der Waals surface area contributed by atoms with Gasteiger partial charge in [-0.1, -0.05) is 19.1 Å². The average molecular weight is 269 g/mol. The zero-order valence-corrected chi connectivity index (χ0v) is 11.6. The molecule has 1 saturated heterocycles. The largest absolute Gasteiger partial charge is 0.337 e. The fourth-order valence-corrected chi connectivity index (χ4v) is 2.26. The molecule has 0 bridgehead atoms. The number of halogens is 1. The van der Waals surface area contributed by atoms with Crippen LogP contribution in [0.2, 0.25) is 0 Å². The zero-order chi connectivity index (χ0) is 12.3. The van der Waals surface area contributed by atoms with E-state index in [2.05, 4.69) is 6.92 Å². The van der Waals surface area contributed by atoms with Gasteiger partial charge >= 0.3 is 0 Å². The molecule has 4 heteroatoms. The number of rotatable bonds is 2. The van der Waals surface area contributed by atoms with E-state index in [-0.39, 0.29) is 24.4 Å². The van der Waals surface area contributed by atoms with Gasteiger partial charge in [0.1, 0.15) is 0 Å². The number of nitrogens with zero attached hydrogens (tertiary/aromatic N) is 1. The Morgan fingerprint density at radius 2 is 2.06 bits per heavy atom. The molecule has 1 aromatic rings. The van der Waals surface area contributed by atoms with Crippen LogP contribution in [-0.2, 0) is 6.42 Å². The van der Waals surface area contributed by atoms with Crippen molar-refractivity contribution in [2.75, 3.05) is 13.1 Å². The van der Waals surface area contributed by atoms with Crippen molar-refractivity contribution in [2.24, 2.45) is 5.73 Å². The monoisotopic (exact) mass is 268 g/mol. The quantitative estimate of drug-likeness (QED) is 0.894. The van der Waals surface area contributed by atoms with E-state index in [9.17, 15) is 4.79 Å². The fraction of sp³-hybridized carbons (Fsp3) is 0.500. The second kappa shape index (κ2) is 6.76. The summed E-state index contributed by atoms with van der Waals surface area (Å²) in [4.78, 5) is 14.1. The van der Waals surface area contributed by atoms with Crippen molar-refractivity contribution < 1.29 is 4.79 Å². The van der Waals surface area contributed by atoms with Crippen LogP contribution in [0.25, 0.3) is 0 Å². The number of carbonyl (C=O) groups is 1. The minimum Gasteiger partial charge on any atom is -0.337 e. The highest BCUT2D eigenvalue weighted by molar-refractivity contribution is 5.94.